The van der Waals surface area contributed by atoms with E-state index in [1.807, 2.05) is 6.92 Å². The van der Waals surface area contributed by atoms with Crippen LogP contribution in [0, 0.1) is 12.7 Å². The molecule has 0 saturated carbocycles. The molecule has 16 heavy (non-hydrogen) atoms. The number of hydrogen-bond acceptors (Lipinski definition) is 2. The Kier molecular flexibility index (Phi) is 4.44. The van der Waals surface area contributed by atoms with Crippen molar-refractivity contribution in [3.63, 3.8) is 0 Å². The van der Waals surface area contributed by atoms with Crippen molar-refractivity contribution >= 4 is 10.0 Å². The lowest BCUT2D eigenvalue weighted by molar-refractivity contribution is 0.574. The molecule has 0 fully saturated rings. The lowest BCUT2D eigenvalue weighted by Crippen LogP contribution is -2.25. The molecule has 1 aromatic rings. The van der Waals surface area contributed by atoms with Crippen molar-refractivity contribution in [1.29, 1.82) is 0 Å². The fraction of sp³-hybridized carbons (Fsp3) is 0.455. The van der Waals surface area contributed by atoms with Crippen molar-refractivity contribution in [2.75, 3.05) is 6.54 Å². The zero-order valence-corrected chi connectivity index (χ0v) is 10.3. The van der Waals surface area contributed by atoms with Gasteiger partial charge in [-0.15, -0.1) is 0 Å². The molecular formula is C11H16FNO2S. The molecular weight excluding hydrogens is 229 g/mol. The van der Waals surface area contributed by atoms with Crippen molar-refractivity contribution in [1.82, 2.24) is 4.72 Å². The van der Waals surface area contributed by atoms with Crippen LogP contribution < -0.4 is 4.72 Å². The van der Waals surface area contributed by atoms with Gasteiger partial charge in [-0.2, -0.15) is 0 Å². The standard InChI is InChI=1S/C11H16FNO2S/c1-3-4-7-13-16(14,15)11-8-10(12)6-5-9(11)2/h5-6,8,13H,3-4,7H2,1-2H3. The maximum Gasteiger partial charge on any atom is 0.240 e. The monoisotopic (exact) mass is 245 g/mol. The molecule has 1 aromatic carbocycles. The quantitative estimate of drug-likeness (QED) is 0.808. The molecule has 0 aliphatic rings. The van der Waals surface area contributed by atoms with Crippen LogP contribution in [0.2, 0.25) is 0 Å². The number of sulfonamides is 1. The van der Waals surface area contributed by atoms with Crippen LogP contribution in [0.3, 0.4) is 0 Å². The molecule has 0 atom stereocenters. The van der Waals surface area contributed by atoms with Gasteiger partial charge in [-0.1, -0.05) is 19.4 Å². The molecule has 0 bridgehead atoms. The van der Waals surface area contributed by atoms with Gasteiger partial charge in [0.25, 0.3) is 0 Å². The topological polar surface area (TPSA) is 46.2 Å². The summed E-state index contributed by atoms with van der Waals surface area (Å²) in [5, 5.41) is 0. The highest BCUT2D eigenvalue weighted by Crippen LogP contribution is 2.15. The fourth-order valence-corrected chi connectivity index (χ4v) is 2.65. The maximum atomic E-state index is 13.0. The van der Waals surface area contributed by atoms with Crippen molar-refractivity contribution in [2.24, 2.45) is 0 Å². The van der Waals surface area contributed by atoms with Gasteiger partial charge in [0.1, 0.15) is 5.82 Å². The van der Waals surface area contributed by atoms with Gasteiger partial charge in [0.05, 0.1) is 4.90 Å². The number of hydrogen-bond donors (Lipinski definition) is 1. The van der Waals surface area contributed by atoms with Gasteiger partial charge in [-0.25, -0.2) is 17.5 Å². The normalized spacial score (nSPS) is 11.7. The Labute approximate surface area is 95.7 Å². The number of aryl methyl sites for hydroxylation is 1. The summed E-state index contributed by atoms with van der Waals surface area (Å²) < 4.78 is 39.0. The van der Waals surface area contributed by atoms with Gasteiger partial charge in [-0.05, 0) is 31.0 Å². The van der Waals surface area contributed by atoms with Crippen molar-refractivity contribution in [3.8, 4) is 0 Å². The first-order chi connectivity index (χ1) is 7.47. The van der Waals surface area contributed by atoms with Crippen LogP contribution in [0.25, 0.3) is 0 Å². The van der Waals surface area contributed by atoms with Gasteiger partial charge < -0.3 is 0 Å². The van der Waals surface area contributed by atoms with Crippen LogP contribution in [-0.4, -0.2) is 15.0 Å². The predicted octanol–water partition coefficient (Wildman–Crippen LogP) is 2.21. The highest BCUT2D eigenvalue weighted by molar-refractivity contribution is 7.89. The summed E-state index contributed by atoms with van der Waals surface area (Å²) in [5.74, 6) is -0.540. The summed E-state index contributed by atoms with van der Waals surface area (Å²) in [5.41, 5.74) is 0.547. The van der Waals surface area contributed by atoms with E-state index < -0.39 is 15.8 Å². The van der Waals surface area contributed by atoms with E-state index in [9.17, 15) is 12.8 Å². The minimum Gasteiger partial charge on any atom is -0.211 e. The first kappa shape index (κ1) is 13.1. The van der Waals surface area contributed by atoms with E-state index in [1.54, 1.807) is 6.92 Å². The van der Waals surface area contributed by atoms with Crippen molar-refractivity contribution in [2.45, 2.75) is 31.6 Å². The summed E-state index contributed by atoms with van der Waals surface area (Å²) in [6, 6.07) is 3.76. The molecule has 0 aliphatic heterocycles. The van der Waals surface area contributed by atoms with E-state index in [2.05, 4.69) is 4.72 Å². The van der Waals surface area contributed by atoms with Crippen LogP contribution in [0.4, 0.5) is 4.39 Å². The maximum absolute atomic E-state index is 13.0. The third-order valence-corrected chi connectivity index (χ3v) is 3.87. The molecule has 1 rings (SSSR count). The lowest BCUT2D eigenvalue weighted by Gasteiger charge is -2.08. The molecule has 0 amide bonds. The zero-order chi connectivity index (χ0) is 12.2. The number of halogens is 1. The fourth-order valence-electron chi connectivity index (χ4n) is 1.32. The average molecular weight is 245 g/mol. The number of rotatable bonds is 5. The van der Waals surface area contributed by atoms with Crippen LogP contribution >= 0.6 is 0 Å². The summed E-state index contributed by atoms with van der Waals surface area (Å²) >= 11 is 0. The Hall–Kier alpha value is -0.940. The van der Waals surface area contributed by atoms with Crippen LogP contribution in [-0.2, 0) is 10.0 Å². The Morgan fingerprint density at radius 1 is 1.38 bits per heavy atom. The second kappa shape index (κ2) is 5.41. The number of benzene rings is 1. The molecule has 0 unspecified atom stereocenters. The van der Waals surface area contributed by atoms with Crippen LogP contribution in [0.1, 0.15) is 25.3 Å². The minimum atomic E-state index is -3.58. The Morgan fingerprint density at radius 2 is 2.06 bits per heavy atom. The predicted molar refractivity (Wildman–Crippen MR) is 61.2 cm³/mol. The van der Waals surface area contributed by atoms with Gasteiger partial charge in [0.15, 0.2) is 0 Å². The van der Waals surface area contributed by atoms with E-state index in [-0.39, 0.29) is 4.90 Å². The molecule has 0 saturated heterocycles. The second-order valence-corrected chi connectivity index (χ2v) is 5.40. The molecule has 90 valence electrons. The van der Waals surface area contributed by atoms with Gasteiger partial charge in [0, 0.05) is 6.54 Å². The molecule has 0 aromatic heterocycles. The van der Waals surface area contributed by atoms with E-state index in [0.29, 0.717) is 12.1 Å². The lowest BCUT2D eigenvalue weighted by atomic mass is 10.2. The first-order valence-corrected chi connectivity index (χ1v) is 6.71. The molecule has 0 heterocycles. The van der Waals surface area contributed by atoms with Crippen molar-refractivity contribution in [3.05, 3.63) is 29.6 Å². The molecule has 0 aliphatic carbocycles. The Balaban J connectivity index is 2.93. The average Bonchev–Trinajstić information content (AvgIpc) is 2.22. The van der Waals surface area contributed by atoms with Crippen molar-refractivity contribution < 1.29 is 12.8 Å². The first-order valence-electron chi connectivity index (χ1n) is 5.23. The largest absolute Gasteiger partial charge is 0.240 e. The SMILES string of the molecule is CCCCNS(=O)(=O)c1cc(F)ccc1C. The summed E-state index contributed by atoms with van der Waals surface area (Å²) in [7, 11) is -3.58. The smallest absolute Gasteiger partial charge is 0.211 e. The summed E-state index contributed by atoms with van der Waals surface area (Å²) in [4.78, 5) is 0.0172. The third-order valence-electron chi connectivity index (χ3n) is 2.26. The zero-order valence-electron chi connectivity index (χ0n) is 9.46. The highest BCUT2D eigenvalue weighted by atomic mass is 32.2. The second-order valence-electron chi connectivity index (χ2n) is 3.66. The summed E-state index contributed by atoms with van der Waals surface area (Å²) in [6.45, 7) is 4.00. The van der Waals surface area contributed by atoms with Gasteiger partial charge in [0.2, 0.25) is 10.0 Å². The van der Waals surface area contributed by atoms with Gasteiger partial charge >= 0.3 is 0 Å². The molecule has 0 radical (unpaired) electrons. The minimum absolute atomic E-state index is 0.0172. The van der Waals surface area contributed by atoms with E-state index in [1.165, 1.54) is 12.1 Å². The number of nitrogens with one attached hydrogen (secondary N) is 1. The van der Waals surface area contributed by atoms with Gasteiger partial charge in [-0.3, -0.25) is 0 Å². The Morgan fingerprint density at radius 3 is 2.69 bits per heavy atom. The molecule has 1 N–H and O–H groups in total. The van der Waals surface area contributed by atoms with Crippen LogP contribution in [0.15, 0.2) is 23.1 Å². The van der Waals surface area contributed by atoms with E-state index in [0.717, 1.165) is 18.9 Å². The van der Waals surface area contributed by atoms with Crippen LogP contribution in [0.5, 0.6) is 0 Å². The van der Waals surface area contributed by atoms with E-state index in [4.69, 9.17) is 0 Å². The van der Waals surface area contributed by atoms with E-state index >= 15 is 0 Å². The highest BCUT2D eigenvalue weighted by Gasteiger charge is 2.16. The molecule has 5 heteroatoms. The third kappa shape index (κ3) is 3.28. The molecule has 3 nitrogen and oxygen atoms in total. The Bertz CT molecular complexity index is 457. The summed E-state index contributed by atoms with van der Waals surface area (Å²) in [6.07, 6.45) is 1.68. The molecule has 0 spiro atoms. The number of unbranched alkanes of at least 4 members (excludes halogenated alkanes) is 1.